The van der Waals surface area contributed by atoms with Gasteiger partial charge in [-0.1, -0.05) is 18.2 Å². The van der Waals surface area contributed by atoms with Crippen molar-refractivity contribution in [1.82, 2.24) is 19.7 Å². The van der Waals surface area contributed by atoms with E-state index in [-0.39, 0.29) is 25.2 Å². The van der Waals surface area contributed by atoms with Gasteiger partial charge in [0.2, 0.25) is 0 Å². The molecule has 13 heteroatoms. The zero-order valence-electron chi connectivity index (χ0n) is 18.9. The van der Waals surface area contributed by atoms with Gasteiger partial charge in [0.05, 0.1) is 12.6 Å². The van der Waals surface area contributed by atoms with E-state index in [9.17, 15) is 31.9 Å². The number of alkyl halides is 4. The average Bonchev–Trinajstić information content (AvgIpc) is 3.48. The molecule has 192 valence electrons. The minimum atomic E-state index is -4.65. The zero-order chi connectivity index (χ0) is 26.1. The van der Waals surface area contributed by atoms with Crippen molar-refractivity contribution < 1.29 is 36.6 Å². The second-order valence-corrected chi connectivity index (χ2v) is 8.26. The lowest BCUT2D eigenvalue weighted by molar-refractivity contribution is -0.253. The summed E-state index contributed by atoms with van der Waals surface area (Å²) in [6.45, 7) is 1.72. The number of aliphatic hydroxyl groups is 1. The van der Waals surface area contributed by atoms with Crippen molar-refractivity contribution in [2.24, 2.45) is 0 Å². The largest absolute Gasteiger partial charge is 0.461 e. The molecule has 1 saturated heterocycles. The summed E-state index contributed by atoms with van der Waals surface area (Å²) in [6, 6.07) is 8.87. The maximum atomic E-state index is 14.8. The normalized spacial score (nSPS) is 16.9. The highest BCUT2D eigenvalue weighted by Gasteiger charge is 2.46. The summed E-state index contributed by atoms with van der Waals surface area (Å²) in [6.07, 6.45) is -6.03. The van der Waals surface area contributed by atoms with Crippen LogP contribution in [-0.4, -0.2) is 62.5 Å². The van der Waals surface area contributed by atoms with Gasteiger partial charge >= 0.3 is 18.6 Å². The molecule has 1 aliphatic heterocycles. The minimum Gasteiger partial charge on any atom is -0.428 e. The fourth-order valence-corrected chi connectivity index (χ4v) is 4.12. The van der Waals surface area contributed by atoms with Crippen LogP contribution in [0.15, 0.2) is 61.2 Å². The smallest absolute Gasteiger partial charge is 0.428 e. The highest BCUT2D eigenvalue weighted by molar-refractivity contribution is 5.94. The van der Waals surface area contributed by atoms with Gasteiger partial charge in [-0.05, 0) is 37.3 Å². The Bertz CT molecular complexity index is 1200. The number of nitrogens with zero attached hydrogens (tertiary/aromatic N) is 5. The monoisotopic (exact) mass is 511 g/mol. The van der Waals surface area contributed by atoms with Crippen molar-refractivity contribution in [1.29, 1.82) is 0 Å². The van der Waals surface area contributed by atoms with E-state index in [1.807, 2.05) is 0 Å². The van der Waals surface area contributed by atoms with E-state index >= 15 is 0 Å². The van der Waals surface area contributed by atoms with Crippen LogP contribution in [0.1, 0.15) is 12.5 Å². The summed E-state index contributed by atoms with van der Waals surface area (Å²) in [7, 11) is 0. The van der Waals surface area contributed by atoms with Gasteiger partial charge in [-0.15, -0.1) is 0 Å². The average molecular weight is 511 g/mol. The Hall–Kier alpha value is -3.74. The van der Waals surface area contributed by atoms with Gasteiger partial charge in [0.25, 0.3) is 0 Å². The van der Waals surface area contributed by atoms with Crippen molar-refractivity contribution in [3.8, 4) is 5.75 Å². The predicted octanol–water partition coefficient (Wildman–Crippen LogP) is 3.87. The molecule has 2 amide bonds. The Morgan fingerprint density at radius 2 is 1.81 bits per heavy atom. The van der Waals surface area contributed by atoms with Gasteiger partial charge < -0.3 is 14.7 Å². The molecule has 8 nitrogen and oxygen atoms in total. The number of hydrogen-bond donors (Lipinski definition) is 1. The van der Waals surface area contributed by atoms with Crippen LogP contribution in [-0.2, 0) is 12.1 Å². The van der Waals surface area contributed by atoms with Crippen molar-refractivity contribution in [3.05, 3.63) is 72.6 Å². The summed E-state index contributed by atoms with van der Waals surface area (Å²) in [5.41, 5.74) is -1.61. The van der Waals surface area contributed by atoms with Gasteiger partial charge in [-0.25, -0.2) is 18.9 Å². The molecule has 1 aromatic heterocycles. The van der Waals surface area contributed by atoms with Crippen LogP contribution in [0, 0.1) is 5.82 Å². The summed E-state index contributed by atoms with van der Waals surface area (Å²) in [4.78, 5) is 19.8. The van der Waals surface area contributed by atoms with Crippen molar-refractivity contribution in [2.75, 3.05) is 18.0 Å². The SMILES string of the molecule is CC(N1CCN(c2ccc(OC(F)(F)C(F)F)cc2)C1=O)C(O)(Cn1cncn1)c1ccccc1F. The van der Waals surface area contributed by atoms with E-state index in [0.29, 0.717) is 5.69 Å². The van der Waals surface area contributed by atoms with Crippen LogP contribution in [0.5, 0.6) is 5.75 Å². The lowest BCUT2D eigenvalue weighted by atomic mass is 9.85. The molecule has 2 heterocycles. The fraction of sp³-hybridized carbons (Fsp3) is 0.348. The van der Waals surface area contributed by atoms with E-state index in [0.717, 1.165) is 12.1 Å². The summed E-state index contributed by atoms with van der Waals surface area (Å²) >= 11 is 0. The van der Waals surface area contributed by atoms with Gasteiger partial charge in [-0.3, -0.25) is 4.90 Å². The summed E-state index contributed by atoms with van der Waals surface area (Å²) < 4.78 is 71.2. The van der Waals surface area contributed by atoms with Gasteiger partial charge in [0.15, 0.2) is 0 Å². The lowest BCUT2D eigenvalue weighted by Crippen LogP contribution is -2.53. The molecule has 0 bridgehead atoms. The third-order valence-electron chi connectivity index (χ3n) is 6.07. The Kier molecular flexibility index (Phi) is 6.85. The molecule has 2 unspecified atom stereocenters. The van der Waals surface area contributed by atoms with Crippen LogP contribution in [0.25, 0.3) is 0 Å². The first-order chi connectivity index (χ1) is 17.0. The number of urea groups is 1. The topological polar surface area (TPSA) is 83.7 Å². The first kappa shape index (κ1) is 25.4. The Labute approximate surface area is 202 Å². The number of benzene rings is 2. The Balaban J connectivity index is 1.56. The number of anilines is 1. The number of ether oxygens (including phenoxy) is 1. The predicted molar refractivity (Wildman–Crippen MR) is 117 cm³/mol. The molecule has 1 fully saturated rings. The molecule has 36 heavy (non-hydrogen) atoms. The maximum absolute atomic E-state index is 14.8. The summed E-state index contributed by atoms with van der Waals surface area (Å²) in [5, 5.41) is 15.7. The lowest BCUT2D eigenvalue weighted by Gasteiger charge is -2.39. The molecular weight excluding hydrogens is 489 g/mol. The van der Waals surface area contributed by atoms with Crippen molar-refractivity contribution in [3.63, 3.8) is 0 Å². The molecule has 3 aromatic rings. The van der Waals surface area contributed by atoms with Crippen LogP contribution in [0.2, 0.25) is 0 Å². The molecule has 2 atom stereocenters. The molecule has 0 aliphatic carbocycles. The number of hydrogen-bond acceptors (Lipinski definition) is 5. The third kappa shape index (κ3) is 4.83. The molecule has 1 N–H and O–H groups in total. The minimum absolute atomic E-state index is 0.0271. The molecule has 4 rings (SSSR count). The van der Waals surface area contributed by atoms with Crippen LogP contribution >= 0.6 is 0 Å². The standard InChI is InChI=1S/C23H22F5N5O3/c1-15(22(35,12-31-14-29-13-30-31)18-4-2-3-5-19(18)24)32-10-11-33(21(32)34)16-6-8-17(9-7-16)36-23(27,28)20(25)26/h2-9,13-15,20,35H,10-12H2,1H3. The highest BCUT2D eigenvalue weighted by Crippen LogP contribution is 2.35. The highest BCUT2D eigenvalue weighted by atomic mass is 19.3. The Morgan fingerprint density at radius 3 is 2.42 bits per heavy atom. The van der Waals surface area contributed by atoms with Gasteiger partial charge in [0.1, 0.15) is 29.8 Å². The maximum Gasteiger partial charge on any atom is 0.461 e. The van der Waals surface area contributed by atoms with E-state index < -0.39 is 41.8 Å². The number of rotatable bonds is 9. The molecule has 0 radical (unpaired) electrons. The number of amides is 2. The second kappa shape index (κ2) is 9.72. The van der Waals surface area contributed by atoms with Crippen molar-refractivity contribution in [2.45, 2.75) is 37.6 Å². The second-order valence-electron chi connectivity index (χ2n) is 8.26. The van der Waals surface area contributed by atoms with E-state index in [1.165, 1.54) is 57.5 Å². The molecule has 0 spiro atoms. The Morgan fingerprint density at radius 1 is 1.11 bits per heavy atom. The first-order valence-electron chi connectivity index (χ1n) is 10.9. The summed E-state index contributed by atoms with van der Waals surface area (Å²) in [5.74, 6) is -1.16. The molecule has 1 aliphatic rings. The van der Waals surface area contributed by atoms with Gasteiger partial charge in [0, 0.05) is 24.3 Å². The fourth-order valence-electron chi connectivity index (χ4n) is 4.12. The number of carbonyl (C=O) groups is 1. The number of halogens is 5. The quantitative estimate of drug-likeness (QED) is 0.441. The zero-order valence-corrected chi connectivity index (χ0v) is 18.9. The van der Waals surface area contributed by atoms with E-state index in [2.05, 4.69) is 14.8 Å². The number of aromatic nitrogens is 3. The van der Waals surface area contributed by atoms with Crippen LogP contribution in [0.4, 0.5) is 32.4 Å². The van der Waals surface area contributed by atoms with Crippen molar-refractivity contribution >= 4 is 11.7 Å². The van der Waals surface area contributed by atoms with E-state index in [1.54, 1.807) is 13.0 Å². The molecular formula is C23H22F5N5O3. The molecule has 2 aromatic carbocycles. The molecule has 0 saturated carbocycles. The third-order valence-corrected chi connectivity index (χ3v) is 6.07. The first-order valence-corrected chi connectivity index (χ1v) is 10.9. The van der Waals surface area contributed by atoms with E-state index in [4.69, 9.17) is 0 Å². The number of carbonyl (C=O) groups excluding carboxylic acids is 1. The van der Waals surface area contributed by atoms with Crippen LogP contribution < -0.4 is 9.64 Å². The van der Waals surface area contributed by atoms with Gasteiger partial charge in [-0.2, -0.15) is 22.7 Å². The van der Waals surface area contributed by atoms with Crippen LogP contribution in [0.3, 0.4) is 0 Å².